The molecule has 0 aromatic heterocycles. The molecular formula is C13H19ClN2. The summed E-state index contributed by atoms with van der Waals surface area (Å²) in [4.78, 5) is 2.44. The van der Waals surface area contributed by atoms with Crippen molar-refractivity contribution in [2.75, 3.05) is 25.5 Å². The Balaban J connectivity index is 0.000000963. The fraction of sp³-hybridized carbons (Fsp3) is 0.538. The second-order valence-electron chi connectivity index (χ2n) is 5.00. The predicted molar refractivity (Wildman–Crippen MR) is 70.7 cm³/mol. The number of likely N-dealkylation sites (tertiary alicyclic amines) is 1. The number of hydrogen-bond acceptors (Lipinski definition) is 2. The summed E-state index contributed by atoms with van der Waals surface area (Å²) in [6.45, 7) is 4.61. The molecule has 2 aliphatic rings. The first-order chi connectivity index (χ1) is 7.24. The number of piperidine rings is 1. The molecule has 1 aromatic rings. The summed E-state index contributed by atoms with van der Waals surface area (Å²) in [6.07, 6.45) is 1.27. The van der Waals surface area contributed by atoms with Crippen molar-refractivity contribution in [1.29, 1.82) is 0 Å². The third-order valence-corrected chi connectivity index (χ3v) is 3.76. The summed E-state index contributed by atoms with van der Waals surface area (Å²) >= 11 is 0. The van der Waals surface area contributed by atoms with Gasteiger partial charge in [-0.15, -0.1) is 12.4 Å². The molecule has 2 heterocycles. The van der Waals surface area contributed by atoms with Crippen molar-refractivity contribution in [2.45, 2.75) is 25.3 Å². The van der Waals surface area contributed by atoms with Gasteiger partial charge in [0.15, 0.2) is 0 Å². The second kappa shape index (κ2) is 4.27. The van der Waals surface area contributed by atoms with Crippen LogP contribution >= 0.6 is 12.4 Å². The summed E-state index contributed by atoms with van der Waals surface area (Å²) in [5.41, 5.74) is 4.28. The van der Waals surface area contributed by atoms with Gasteiger partial charge in [-0.3, -0.25) is 0 Å². The lowest BCUT2D eigenvalue weighted by atomic mass is 9.89. The molecule has 0 spiro atoms. The van der Waals surface area contributed by atoms with Gasteiger partial charge in [0.25, 0.3) is 0 Å². The Morgan fingerprint density at radius 1 is 1.38 bits per heavy atom. The first-order valence-corrected chi connectivity index (χ1v) is 5.79. The molecular weight excluding hydrogens is 220 g/mol. The number of halogens is 1. The van der Waals surface area contributed by atoms with Crippen LogP contribution < -0.4 is 5.32 Å². The molecule has 88 valence electrons. The van der Waals surface area contributed by atoms with Crippen molar-refractivity contribution in [2.24, 2.45) is 0 Å². The van der Waals surface area contributed by atoms with Crippen LogP contribution in [0.5, 0.6) is 0 Å². The molecule has 2 unspecified atom stereocenters. The van der Waals surface area contributed by atoms with E-state index in [0.717, 1.165) is 0 Å². The van der Waals surface area contributed by atoms with Gasteiger partial charge in [-0.05, 0) is 38.6 Å². The van der Waals surface area contributed by atoms with Gasteiger partial charge in [0, 0.05) is 24.2 Å². The lowest BCUT2D eigenvalue weighted by molar-refractivity contribution is 0.243. The smallest absolute Gasteiger partial charge is 0.0379 e. The van der Waals surface area contributed by atoms with Crippen LogP contribution in [-0.4, -0.2) is 31.1 Å². The van der Waals surface area contributed by atoms with Crippen LogP contribution in [0.3, 0.4) is 0 Å². The maximum absolute atomic E-state index is 3.66. The summed E-state index contributed by atoms with van der Waals surface area (Å²) < 4.78 is 0. The van der Waals surface area contributed by atoms with Gasteiger partial charge in [0.1, 0.15) is 0 Å². The summed E-state index contributed by atoms with van der Waals surface area (Å²) in [5, 5.41) is 3.66. The monoisotopic (exact) mass is 238 g/mol. The molecule has 0 aliphatic carbocycles. The second-order valence-corrected chi connectivity index (χ2v) is 5.00. The van der Waals surface area contributed by atoms with E-state index in [9.17, 15) is 0 Å². The SMILES string of the molecule is Cc1ccc2c(c1)C1CN(C)CCC1N2.Cl. The standard InChI is InChI=1S/C13H18N2.ClH/c1-9-3-4-12-10(7-9)11-8-15(2)6-5-13(11)14-12;/h3-4,7,11,13-14H,5-6,8H2,1-2H3;1H. The minimum absolute atomic E-state index is 0. The lowest BCUT2D eigenvalue weighted by Crippen LogP contribution is -2.39. The van der Waals surface area contributed by atoms with Gasteiger partial charge >= 0.3 is 0 Å². The molecule has 2 nitrogen and oxygen atoms in total. The highest BCUT2D eigenvalue weighted by Crippen LogP contribution is 2.40. The molecule has 1 saturated heterocycles. The van der Waals surface area contributed by atoms with E-state index in [1.165, 1.54) is 36.3 Å². The number of nitrogens with zero attached hydrogens (tertiary/aromatic N) is 1. The molecule has 0 amide bonds. The summed E-state index contributed by atoms with van der Waals surface area (Å²) in [6, 6.07) is 7.47. The average molecular weight is 239 g/mol. The number of fused-ring (bicyclic) bond motifs is 3. The Bertz CT molecular complexity index is 392. The largest absolute Gasteiger partial charge is 0.381 e. The fourth-order valence-corrected chi connectivity index (χ4v) is 2.92. The molecule has 2 atom stereocenters. The van der Waals surface area contributed by atoms with Crippen molar-refractivity contribution < 1.29 is 0 Å². The fourth-order valence-electron chi connectivity index (χ4n) is 2.92. The third kappa shape index (κ3) is 1.80. The molecule has 16 heavy (non-hydrogen) atoms. The molecule has 2 aliphatic heterocycles. The molecule has 0 bridgehead atoms. The normalized spacial score (nSPS) is 27.6. The maximum atomic E-state index is 3.66. The number of hydrogen-bond donors (Lipinski definition) is 1. The Morgan fingerprint density at radius 2 is 2.19 bits per heavy atom. The van der Waals surface area contributed by atoms with E-state index in [1.807, 2.05) is 0 Å². The predicted octanol–water partition coefficient (Wildman–Crippen LogP) is 2.63. The minimum atomic E-state index is 0. The Labute approximate surface area is 103 Å². The van der Waals surface area contributed by atoms with Crippen LogP contribution in [0.25, 0.3) is 0 Å². The van der Waals surface area contributed by atoms with Crippen LogP contribution in [-0.2, 0) is 0 Å². The molecule has 3 heteroatoms. The number of nitrogens with one attached hydrogen (secondary N) is 1. The van der Waals surface area contributed by atoms with Gasteiger partial charge < -0.3 is 10.2 Å². The highest BCUT2D eigenvalue weighted by Gasteiger charge is 2.35. The molecule has 3 rings (SSSR count). The minimum Gasteiger partial charge on any atom is -0.381 e. The molecule has 0 saturated carbocycles. The Morgan fingerprint density at radius 3 is 3.00 bits per heavy atom. The van der Waals surface area contributed by atoms with Gasteiger partial charge in [-0.2, -0.15) is 0 Å². The van der Waals surface area contributed by atoms with E-state index in [1.54, 1.807) is 0 Å². The Kier molecular flexibility index (Phi) is 3.13. The van der Waals surface area contributed by atoms with Crippen molar-refractivity contribution in [3.05, 3.63) is 29.3 Å². The van der Waals surface area contributed by atoms with E-state index in [4.69, 9.17) is 0 Å². The number of benzene rings is 1. The molecule has 1 fully saturated rings. The zero-order valence-corrected chi connectivity index (χ0v) is 10.7. The van der Waals surface area contributed by atoms with Crippen LogP contribution in [0, 0.1) is 6.92 Å². The number of likely N-dealkylation sites (N-methyl/N-ethyl adjacent to an activating group) is 1. The summed E-state index contributed by atoms with van der Waals surface area (Å²) in [5.74, 6) is 0.707. The van der Waals surface area contributed by atoms with E-state index in [2.05, 4.69) is 42.4 Å². The highest BCUT2D eigenvalue weighted by molar-refractivity contribution is 5.85. The zero-order chi connectivity index (χ0) is 10.4. The highest BCUT2D eigenvalue weighted by atomic mass is 35.5. The number of aryl methyl sites for hydroxylation is 1. The van der Waals surface area contributed by atoms with Gasteiger partial charge in [0.05, 0.1) is 0 Å². The van der Waals surface area contributed by atoms with Gasteiger partial charge in [-0.25, -0.2) is 0 Å². The van der Waals surface area contributed by atoms with E-state index < -0.39 is 0 Å². The van der Waals surface area contributed by atoms with Crippen molar-refractivity contribution in [3.63, 3.8) is 0 Å². The first kappa shape index (κ1) is 11.7. The van der Waals surface area contributed by atoms with Crippen molar-refractivity contribution in [1.82, 2.24) is 4.90 Å². The van der Waals surface area contributed by atoms with E-state index >= 15 is 0 Å². The third-order valence-electron chi connectivity index (χ3n) is 3.76. The van der Waals surface area contributed by atoms with Crippen LogP contribution in [0.1, 0.15) is 23.5 Å². The number of rotatable bonds is 0. The van der Waals surface area contributed by atoms with Crippen molar-refractivity contribution in [3.8, 4) is 0 Å². The van der Waals surface area contributed by atoms with Crippen LogP contribution in [0.15, 0.2) is 18.2 Å². The van der Waals surface area contributed by atoms with Crippen molar-refractivity contribution >= 4 is 18.1 Å². The van der Waals surface area contributed by atoms with Gasteiger partial charge in [0.2, 0.25) is 0 Å². The molecule has 1 aromatic carbocycles. The van der Waals surface area contributed by atoms with Crippen LogP contribution in [0.2, 0.25) is 0 Å². The van der Waals surface area contributed by atoms with E-state index in [-0.39, 0.29) is 12.4 Å². The summed E-state index contributed by atoms with van der Waals surface area (Å²) in [7, 11) is 2.23. The van der Waals surface area contributed by atoms with E-state index in [0.29, 0.717) is 12.0 Å². The Hall–Kier alpha value is -0.730. The van der Waals surface area contributed by atoms with Gasteiger partial charge in [-0.1, -0.05) is 17.7 Å². The molecule has 1 N–H and O–H groups in total. The van der Waals surface area contributed by atoms with Crippen LogP contribution in [0.4, 0.5) is 5.69 Å². The maximum Gasteiger partial charge on any atom is 0.0379 e. The zero-order valence-electron chi connectivity index (χ0n) is 9.86. The average Bonchev–Trinajstić information content (AvgIpc) is 2.56. The molecule has 0 radical (unpaired) electrons. The first-order valence-electron chi connectivity index (χ1n) is 5.79. The lowest BCUT2D eigenvalue weighted by Gasteiger charge is -2.32. The number of anilines is 1. The quantitative estimate of drug-likeness (QED) is 0.748. The topological polar surface area (TPSA) is 15.3 Å².